The molecule has 0 radical (unpaired) electrons. The van der Waals surface area contributed by atoms with Crippen molar-refractivity contribution in [1.29, 1.82) is 0 Å². The van der Waals surface area contributed by atoms with Gasteiger partial charge in [-0.25, -0.2) is 0 Å². The predicted molar refractivity (Wildman–Crippen MR) is 195 cm³/mol. The number of carbonyl (C=O) groups excluding carboxylic acids is 6. The third-order valence-electron chi connectivity index (χ3n) is 4.77. The van der Waals surface area contributed by atoms with Gasteiger partial charge in [0.15, 0.2) is 0 Å². The van der Waals surface area contributed by atoms with Crippen LogP contribution in [-0.2, 0) is 46.9 Å². The standard InChI is InChI=1S/C6H3.6C5H6O2.3Sb/c1-2-4-6-5-3-1;6*1-2-3-4-5(6)7;;;/h1,4-5H;6*2-4H,1H2,(H,6,7);;;/q;;;;;;;3*+2/p-6. The van der Waals surface area contributed by atoms with E-state index in [-0.39, 0.29) is 10.5 Å². The van der Waals surface area contributed by atoms with Gasteiger partial charge < -0.3 is 0 Å². The van der Waals surface area contributed by atoms with E-state index in [4.69, 9.17) is 18.1 Å². The third kappa shape index (κ3) is 18.8. The molecule has 12 nitrogen and oxygen atoms in total. The van der Waals surface area contributed by atoms with E-state index in [0.29, 0.717) is 0 Å². The zero-order chi connectivity index (χ0) is 38.0. The summed E-state index contributed by atoms with van der Waals surface area (Å²) in [6.45, 7) is 21.0. The Labute approximate surface area is 320 Å². The first-order valence-electron chi connectivity index (χ1n) is 14.1. The molecule has 0 aromatic heterocycles. The first kappa shape index (κ1) is 44.4. The van der Waals surface area contributed by atoms with E-state index in [1.165, 1.54) is 91.1 Å². The van der Waals surface area contributed by atoms with Gasteiger partial charge in [0, 0.05) is 0 Å². The van der Waals surface area contributed by atoms with Gasteiger partial charge in [0.2, 0.25) is 0 Å². The van der Waals surface area contributed by atoms with Crippen molar-refractivity contribution in [3.05, 3.63) is 167 Å². The first-order chi connectivity index (χ1) is 24.5. The van der Waals surface area contributed by atoms with Crippen LogP contribution in [0, 0.1) is 0 Å². The van der Waals surface area contributed by atoms with Gasteiger partial charge in [-0.1, -0.05) is 0 Å². The molecule has 0 bridgehead atoms. The van der Waals surface area contributed by atoms with E-state index in [9.17, 15) is 28.8 Å². The van der Waals surface area contributed by atoms with E-state index < -0.39 is 99.0 Å². The van der Waals surface area contributed by atoms with Crippen LogP contribution in [0.15, 0.2) is 167 Å². The molecule has 0 amide bonds. The van der Waals surface area contributed by atoms with Gasteiger partial charge in [0.1, 0.15) is 0 Å². The second-order valence-corrected chi connectivity index (χ2v) is 20.5. The van der Waals surface area contributed by atoms with Crippen LogP contribution in [0.1, 0.15) is 0 Å². The number of carbonyl (C=O) groups is 6. The van der Waals surface area contributed by atoms with Crippen LogP contribution in [0.5, 0.6) is 0 Å². The van der Waals surface area contributed by atoms with E-state index in [1.807, 2.05) is 0 Å². The van der Waals surface area contributed by atoms with Crippen molar-refractivity contribution < 1.29 is 46.9 Å². The molecule has 0 saturated carbocycles. The van der Waals surface area contributed by atoms with Crippen molar-refractivity contribution in [3.63, 3.8) is 0 Å². The van der Waals surface area contributed by atoms with Crippen LogP contribution in [0.3, 0.4) is 0 Å². The molecule has 0 fully saturated rings. The van der Waals surface area contributed by atoms with Gasteiger partial charge in [-0.15, -0.1) is 0 Å². The quantitative estimate of drug-likeness (QED) is 0.101. The van der Waals surface area contributed by atoms with Gasteiger partial charge in [0.25, 0.3) is 0 Å². The van der Waals surface area contributed by atoms with Gasteiger partial charge in [0.05, 0.1) is 0 Å². The van der Waals surface area contributed by atoms with Crippen LogP contribution < -0.4 is 10.5 Å². The fraction of sp³-hybridized carbons (Fsp3) is 0. The third-order valence-corrected chi connectivity index (χ3v) is 16.5. The second-order valence-electron chi connectivity index (χ2n) is 8.51. The molecular formula is C36H33O12Sb3. The number of hydrogen-bond acceptors (Lipinski definition) is 12. The average Bonchev–Trinajstić information content (AvgIpc) is 3.11. The van der Waals surface area contributed by atoms with Gasteiger partial charge in [-0.05, 0) is 0 Å². The molecule has 15 heteroatoms. The average molecular weight is 1020 g/mol. The minimum absolute atomic E-state index is 0.0981. The maximum absolute atomic E-state index is 12.7. The SMILES string of the molecule is C=CC=CC(=O)[O][Sb]([O]C(=O)C=CC=C)[c]1c[c]([Sb]([O]C(=O)C=CC=C)[O]C(=O)C=CC=C)c[c]([Sb]([O]C(=O)C=CC=C)[O]C(=O)C=CC=C)c1. The fourth-order valence-electron chi connectivity index (χ4n) is 2.82. The normalized spacial score (nSPS) is 11.4. The first-order valence-corrected chi connectivity index (χ1v) is 24.2. The van der Waals surface area contributed by atoms with Gasteiger partial charge in [-0.3, -0.25) is 0 Å². The number of benzene rings is 1. The van der Waals surface area contributed by atoms with E-state index in [0.717, 1.165) is 36.5 Å². The predicted octanol–water partition coefficient (Wildman–Crippen LogP) is 2.48. The van der Waals surface area contributed by atoms with Crippen molar-refractivity contribution in [2.24, 2.45) is 0 Å². The summed E-state index contributed by atoms with van der Waals surface area (Å²) in [7, 11) is 0. The Kier molecular flexibility index (Phi) is 22.8. The van der Waals surface area contributed by atoms with Crippen molar-refractivity contribution >= 4 is 109 Å². The summed E-state index contributed by atoms with van der Waals surface area (Å²) in [5, 5.41) is 0. The summed E-state index contributed by atoms with van der Waals surface area (Å²) in [6, 6.07) is 4.16. The Hall–Kier alpha value is -4.63. The Morgan fingerprint density at radius 1 is 0.353 bits per heavy atom. The summed E-state index contributed by atoms with van der Waals surface area (Å²) in [5.41, 5.74) is 0. The van der Waals surface area contributed by atoms with Crippen LogP contribution in [-0.4, -0.2) is 99.0 Å². The molecule has 0 atom stereocenters. The molecule has 1 rings (SSSR count). The molecule has 0 saturated heterocycles. The van der Waals surface area contributed by atoms with Gasteiger partial charge >= 0.3 is 323 Å². The van der Waals surface area contributed by atoms with E-state index in [1.54, 1.807) is 0 Å². The number of rotatable bonds is 21. The van der Waals surface area contributed by atoms with E-state index in [2.05, 4.69) is 39.5 Å². The monoisotopic (exact) mass is 1020 g/mol. The molecule has 0 N–H and O–H groups in total. The minimum atomic E-state index is -4.22. The summed E-state index contributed by atoms with van der Waals surface area (Å²) in [5.74, 6) is -5.31. The Balaban J connectivity index is 4.17. The molecule has 0 heterocycles. The van der Waals surface area contributed by atoms with Crippen LogP contribution in [0.2, 0.25) is 0 Å². The molecule has 0 spiro atoms. The summed E-state index contributed by atoms with van der Waals surface area (Å²) in [6.07, 6.45) is 22.0. The Morgan fingerprint density at radius 2 is 0.510 bits per heavy atom. The fourth-order valence-corrected chi connectivity index (χ4v) is 15.7. The summed E-state index contributed by atoms with van der Waals surface area (Å²) in [4.78, 5) is 76.5. The van der Waals surface area contributed by atoms with Crippen molar-refractivity contribution in [1.82, 2.24) is 0 Å². The van der Waals surface area contributed by atoms with E-state index >= 15 is 0 Å². The maximum atomic E-state index is 12.7. The second kappa shape index (κ2) is 26.2. The summed E-state index contributed by atoms with van der Waals surface area (Å²) >= 11 is -12.7. The van der Waals surface area contributed by atoms with Crippen LogP contribution in [0.25, 0.3) is 0 Å². The molecule has 1 aromatic rings. The molecule has 0 unspecified atom stereocenters. The molecule has 51 heavy (non-hydrogen) atoms. The van der Waals surface area contributed by atoms with Crippen molar-refractivity contribution in [2.75, 3.05) is 0 Å². The Bertz CT molecular complexity index is 1390. The topological polar surface area (TPSA) is 158 Å². The van der Waals surface area contributed by atoms with Crippen LogP contribution >= 0.6 is 0 Å². The summed E-state index contributed by atoms with van der Waals surface area (Å²) < 4.78 is 34.0. The van der Waals surface area contributed by atoms with Crippen molar-refractivity contribution in [2.45, 2.75) is 0 Å². The van der Waals surface area contributed by atoms with Crippen LogP contribution in [0.4, 0.5) is 0 Å². The zero-order valence-corrected chi connectivity index (χ0v) is 34.8. The molecular weight excluding hydrogens is 990 g/mol. The molecule has 0 aliphatic rings. The Morgan fingerprint density at radius 3 is 0.647 bits per heavy atom. The number of hydrogen-bond donors (Lipinski definition) is 0. The molecule has 264 valence electrons. The zero-order valence-electron chi connectivity index (χ0n) is 27.1. The van der Waals surface area contributed by atoms with Gasteiger partial charge in [-0.2, -0.15) is 0 Å². The molecule has 1 aromatic carbocycles. The molecule has 0 aliphatic heterocycles. The number of allylic oxidation sites excluding steroid dienone is 12. The van der Waals surface area contributed by atoms with Crippen molar-refractivity contribution in [3.8, 4) is 0 Å². The molecule has 0 aliphatic carbocycles.